The molecule has 108 valence electrons. The van der Waals surface area contributed by atoms with Crippen molar-refractivity contribution in [3.8, 4) is 17.1 Å². The number of methoxy groups -OCH3 is 2. The molecule has 20 heavy (non-hydrogen) atoms. The van der Waals surface area contributed by atoms with Crippen LogP contribution in [-0.2, 0) is 4.74 Å². The van der Waals surface area contributed by atoms with Crippen LogP contribution in [0.5, 0.6) is 5.75 Å². The molecule has 7 heteroatoms. The minimum absolute atomic E-state index is 0.321. The maximum Gasteiger partial charge on any atom is 0.243 e. The van der Waals surface area contributed by atoms with Gasteiger partial charge in [-0.05, 0) is 40.5 Å². The highest BCUT2D eigenvalue weighted by Gasteiger charge is 2.16. The van der Waals surface area contributed by atoms with Gasteiger partial charge in [0.2, 0.25) is 11.7 Å². The van der Waals surface area contributed by atoms with E-state index < -0.39 is 0 Å². The summed E-state index contributed by atoms with van der Waals surface area (Å²) in [5, 5.41) is 3.94. The van der Waals surface area contributed by atoms with Crippen molar-refractivity contribution in [3.05, 3.63) is 28.6 Å². The molecule has 2 aromatic rings. The predicted octanol–water partition coefficient (Wildman–Crippen LogP) is 2.54. The average Bonchev–Trinajstić information content (AvgIpc) is 2.94. The minimum atomic E-state index is -0.321. The lowest BCUT2D eigenvalue weighted by atomic mass is 10.2. The summed E-state index contributed by atoms with van der Waals surface area (Å²) in [6, 6.07) is 5.24. The van der Waals surface area contributed by atoms with Gasteiger partial charge in [-0.3, -0.25) is 0 Å². The Hall–Kier alpha value is -1.44. The molecule has 1 aromatic carbocycles. The number of hydrogen-bond acceptors (Lipinski definition) is 6. The van der Waals surface area contributed by atoms with Crippen LogP contribution in [0.15, 0.2) is 27.2 Å². The minimum Gasteiger partial charge on any atom is -0.496 e. The van der Waals surface area contributed by atoms with Crippen molar-refractivity contribution < 1.29 is 14.0 Å². The summed E-state index contributed by atoms with van der Waals surface area (Å²) in [5.74, 6) is 1.65. The van der Waals surface area contributed by atoms with Gasteiger partial charge in [-0.2, -0.15) is 4.98 Å². The van der Waals surface area contributed by atoms with E-state index in [0.717, 1.165) is 15.8 Å². The van der Waals surface area contributed by atoms with Crippen LogP contribution >= 0.6 is 15.9 Å². The first-order valence-electron chi connectivity index (χ1n) is 6.07. The molecule has 0 saturated carbocycles. The number of nitrogens with two attached hydrogens (primary N) is 1. The molecule has 0 bridgehead atoms. The number of nitrogens with zero attached hydrogens (tertiary/aromatic N) is 2. The molecule has 0 radical (unpaired) electrons. The second kappa shape index (κ2) is 6.83. The molecular weight excluding hydrogens is 326 g/mol. The zero-order valence-electron chi connectivity index (χ0n) is 11.3. The number of aromatic nitrogens is 2. The highest BCUT2D eigenvalue weighted by molar-refractivity contribution is 9.10. The van der Waals surface area contributed by atoms with E-state index in [4.69, 9.17) is 19.7 Å². The number of benzene rings is 1. The van der Waals surface area contributed by atoms with Crippen LogP contribution in [0.3, 0.4) is 0 Å². The van der Waals surface area contributed by atoms with Gasteiger partial charge in [0.25, 0.3) is 0 Å². The van der Waals surface area contributed by atoms with Gasteiger partial charge < -0.3 is 19.7 Å². The molecule has 1 heterocycles. The van der Waals surface area contributed by atoms with Gasteiger partial charge in [-0.1, -0.05) is 5.16 Å². The van der Waals surface area contributed by atoms with E-state index in [1.54, 1.807) is 14.2 Å². The molecular formula is C13H16BrN3O3. The van der Waals surface area contributed by atoms with Crippen molar-refractivity contribution in [2.75, 3.05) is 20.8 Å². The molecule has 0 saturated heterocycles. The lowest BCUT2D eigenvalue weighted by Gasteiger charge is -2.04. The van der Waals surface area contributed by atoms with Gasteiger partial charge in [0, 0.05) is 19.3 Å². The lowest BCUT2D eigenvalue weighted by molar-refractivity contribution is 0.182. The normalized spacial score (nSPS) is 12.4. The summed E-state index contributed by atoms with van der Waals surface area (Å²) in [6.45, 7) is 0.549. The van der Waals surface area contributed by atoms with Crippen molar-refractivity contribution in [1.82, 2.24) is 10.1 Å². The molecule has 0 aliphatic rings. The number of rotatable bonds is 6. The van der Waals surface area contributed by atoms with E-state index in [0.29, 0.717) is 24.7 Å². The van der Waals surface area contributed by atoms with E-state index in [9.17, 15) is 0 Å². The Bertz CT molecular complexity index is 574. The molecule has 6 nitrogen and oxygen atoms in total. The monoisotopic (exact) mass is 341 g/mol. The number of hydrogen-bond donors (Lipinski definition) is 1. The Balaban J connectivity index is 2.18. The smallest absolute Gasteiger partial charge is 0.243 e. The largest absolute Gasteiger partial charge is 0.496 e. The molecule has 0 aliphatic heterocycles. The molecule has 1 unspecified atom stereocenters. The van der Waals surface area contributed by atoms with E-state index in [-0.39, 0.29) is 6.04 Å². The van der Waals surface area contributed by atoms with E-state index in [2.05, 4.69) is 26.1 Å². The summed E-state index contributed by atoms with van der Waals surface area (Å²) >= 11 is 3.42. The van der Waals surface area contributed by atoms with Crippen LogP contribution in [0.25, 0.3) is 11.4 Å². The number of halogens is 1. The standard InChI is InChI=1S/C13H16BrN3O3/c1-18-6-5-10(15)13-16-12(17-20-13)8-3-4-11(19-2)9(14)7-8/h3-4,7,10H,5-6,15H2,1-2H3. The molecule has 2 N–H and O–H groups in total. The molecule has 0 fully saturated rings. The first-order chi connectivity index (χ1) is 9.65. The van der Waals surface area contributed by atoms with Crippen LogP contribution in [0.2, 0.25) is 0 Å². The van der Waals surface area contributed by atoms with Crippen molar-refractivity contribution in [1.29, 1.82) is 0 Å². The van der Waals surface area contributed by atoms with Crippen molar-refractivity contribution in [2.24, 2.45) is 5.73 Å². The Morgan fingerprint density at radius 1 is 1.40 bits per heavy atom. The number of ether oxygens (including phenoxy) is 2. The quantitative estimate of drug-likeness (QED) is 0.869. The van der Waals surface area contributed by atoms with E-state index >= 15 is 0 Å². The maximum atomic E-state index is 5.94. The van der Waals surface area contributed by atoms with Gasteiger partial charge >= 0.3 is 0 Å². The second-order valence-electron chi connectivity index (χ2n) is 4.19. The Kier molecular flexibility index (Phi) is 5.11. The van der Waals surface area contributed by atoms with Crippen molar-refractivity contribution >= 4 is 15.9 Å². The first kappa shape index (κ1) is 15.0. The fraction of sp³-hybridized carbons (Fsp3) is 0.385. The van der Waals surface area contributed by atoms with Crippen LogP contribution in [0.1, 0.15) is 18.4 Å². The third-order valence-corrected chi connectivity index (χ3v) is 3.42. The third-order valence-electron chi connectivity index (χ3n) is 2.80. The van der Waals surface area contributed by atoms with Gasteiger partial charge in [-0.25, -0.2) is 0 Å². The Morgan fingerprint density at radius 3 is 2.85 bits per heavy atom. The molecule has 0 spiro atoms. The fourth-order valence-corrected chi connectivity index (χ4v) is 2.22. The third kappa shape index (κ3) is 3.36. The van der Waals surface area contributed by atoms with E-state index in [1.165, 1.54) is 0 Å². The zero-order chi connectivity index (χ0) is 14.5. The van der Waals surface area contributed by atoms with Gasteiger partial charge in [0.05, 0.1) is 17.6 Å². The van der Waals surface area contributed by atoms with Crippen LogP contribution < -0.4 is 10.5 Å². The molecule has 1 atom stereocenters. The fourth-order valence-electron chi connectivity index (χ4n) is 1.68. The summed E-state index contributed by atoms with van der Waals surface area (Å²) in [4.78, 5) is 4.31. The summed E-state index contributed by atoms with van der Waals surface area (Å²) < 4.78 is 16.2. The second-order valence-corrected chi connectivity index (χ2v) is 5.05. The Morgan fingerprint density at radius 2 is 2.20 bits per heavy atom. The molecule has 0 aliphatic carbocycles. The highest BCUT2D eigenvalue weighted by Crippen LogP contribution is 2.29. The van der Waals surface area contributed by atoms with Crippen LogP contribution in [0.4, 0.5) is 0 Å². The van der Waals surface area contributed by atoms with Gasteiger partial charge in [0.1, 0.15) is 5.75 Å². The van der Waals surface area contributed by atoms with Crippen LogP contribution in [0, 0.1) is 0 Å². The first-order valence-corrected chi connectivity index (χ1v) is 6.87. The molecule has 0 amide bonds. The highest BCUT2D eigenvalue weighted by atomic mass is 79.9. The maximum absolute atomic E-state index is 5.94. The van der Waals surface area contributed by atoms with Crippen molar-refractivity contribution in [3.63, 3.8) is 0 Å². The topological polar surface area (TPSA) is 83.4 Å². The summed E-state index contributed by atoms with van der Waals surface area (Å²) in [6.07, 6.45) is 0.629. The van der Waals surface area contributed by atoms with Crippen molar-refractivity contribution in [2.45, 2.75) is 12.5 Å². The average molecular weight is 342 g/mol. The van der Waals surface area contributed by atoms with Gasteiger partial charge in [0.15, 0.2) is 0 Å². The Labute approximate surface area is 125 Å². The molecule has 2 rings (SSSR count). The summed E-state index contributed by atoms with van der Waals surface area (Å²) in [7, 11) is 3.24. The molecule has 1 aromatic heterocycles. The SMILES string of the molecule is COCCC(N)c1nc(-c2ccc(OC)c(Br)c2)no1. The van der Waals surface area contributed by atoms with Crippen LogP contribution in [-0.4, -0.2) is 31.0 Å². The van der Waals surface area contributed by atoms with Gasteiger partial charge in [-0.15, -0.1) is 0 Å². The lowest BCUT2D eigenvalue weighted by Crippen LogP contribution is -2.12. The predicted molar refractivity (Wildman–Crippen MR) is 77.4 cm³/mol. The summed E-state index contributed by atoms with van der Waals surface area (Å²) in [5.41, 5.74) is 6.77. The van der Waals surface area contributed by atoms with E-state index in [1.807, 2.05) is 18.2 Å². The zero-order valence-corrected chi connectivity index (χ0v) is 12.9.